The van der Waals surface area contributed by atoms with Crippen molar-refractivity contribution < 1.29 is 18.0 Å². The van der Waals surface area contributed by atoms with Crippen LogP contribution in [-0.4, -0.2) is 31.4 Å². The van der Waals surface area contributed by atoms with Gasteiger partial charge in [-0.15, -0.1) is 0 Å². The lowest BCUT2D eigenvalue weighted by molar-refractivity contribution is -0.141. The van der Waals surface area contributed by atoms with Crippen LogP contribution >= 0.6 is 23.4 Å². The van der Waals surface area contributed by atoms with Crippen molar-refractivity contribution in [3.63, 3.8) is 0 Å². The van der Waals surface area contributed by atoms with Gasteiger partial charge in [-0.05, 0) is 11.6 Å². The molecule has 0 fully saturated rings. The van der Waals surface area contributed by atoms with E-state index in [9.17, 15) is 22.8 Å². The van der Waals surface area contributed by atoms with Gasteiger partial charge in [-0.1, -0.05) is 41.6 Å². The number of thioether (sulfide) groups is 1. The van der Waals surface area contributed by atoms with Crippen LogP contribution in [-0.2, 0) is 17.5 Å². The van der Waals surface area contributed by atoms with E-state index < -0.39 is 23.3 Å². The summed E-state index contributed by atoms with van der Waals surface area (Å²) in [4.78, 5) is 29.0. The maximum absolute atomic E-state index is 12.7. The summed E-state index contributed by atoms with van der Waals surface area (Å²) in [5, 5.41) is 6.99. The number of amides is 1. The van der Waals surface area contributed by atoms with Gasteiger partial charge in [-0.3, -0.25) is 9.59 Å². The highest BCUT2D eigenvalue weighted by Gasteiger charge is 2.33. The Bertz CT molecular complexity index is 1080. The molecule has 2 N–H and O–H groups in total. The third-order valence-electron chi connectivity index (χ3n) is 3.61. The van der Waals surface area contributed by atoms with Gasteiger partial charge in [0.1, 0.15) is 5.82 Å². The highest BCUT2D eigenvalue weighted by Crippen LogP contribution is 2.27. The summed E-state index contributed by atoms with van der Waals surface area (Å²) >= 11 is 6.80. The number of anilines is 1. The van der Waals surface area contributed by atoms with E-state index in [0.717, 1.165) is 5.56 Å². The molecular weight excluding hydrogens is 431 g/mol. The first kappa shape index (κ1) is 20.9. The highest BCUT2D eigenvalue weighted by atomic mass is 35.5. The first-order valence-electron chi connectivity index (χ1n) is 8.09. The SMILES string of the molecule is O=C(CSc1nc(C(F)(F)F)cc(=O)[nH]1)Nc1ccnn1Cc1ccccc1Cl. The summed E-state index contributed by atoms with van der Waals surface area (Å²) < 4.78 is 39.7. The van der Waals surface area contributed by atoms with E-state index in [1.165, 1.54) is 10.9 Å². The van der Waals surface area contributed by atoms with Crippen LogP contribution in [0.4, 0.5) is 19.0 Å². The van der Waals surface area contributed by atoms with Crippen LogP contribution in [0.1, 0.15) is 11.3 Å². The Labute approximate surface area is 171 Å². The van der Waals surface area contributed by atoms with Crippen LogP contribution in [0, 0.1) is 0 Å². The molecule has 0 spiro atoms. The number of rotatable bonds is 6. The smallest absolute Gasteiger partial charge is 0.310 e. The van der Waals surface area contributed by atoms with Crippen molar-refractivity contribution >= 4 is 35.1 Å². The number of halogens is 4. The molecule has 1 aromatic carbocycles. The van der Waals surface area contributed by atoms with Gasteiger partial charge in [0.15, 0.2) is 10.9 Å². The molecule has 0 aliphatic rings. The molecule has 2 heterocycles. The normalized spacial score (nSPS) is 11.4. The summed E-state index contributed by atoms with van der Waals surface area (Å²) in [7, 11) is 0. The minimum absolute atomic E-state index is 0.262. The van der Waals surface area contributed by atoms with Crippen LogP contribution in [0.15, 0.2) is 52.5 Å². The van der Waals surface area contributed by atoms with Gasteiger partial charge in [-0.25, -0.2) is 9.67 Å². The number of carbonyl (C=O) groups is 1. The number of hydrogen-bond donors (Lipinski definition) is 2. The minimum Gasteiger partial charge on any atom is -0.310 e. The van der Waals surface area contributed by atoms with Gasteiger partial charge >= 0.3 is 6.18 Å². The lowest BCUT2D eigenvalue weighted by Gasteiger charge is -2.10. The molecule has 7 nitrogen and oxygen atoms in total. The molecule has 152 valence electrons. The van der Waals surface area contributed by atoms with E-state index in [4.69, 9.17) is 11.6 Å². The Morgan fingerprint density at radius 2 is 2.03 bits per heavy atom. The van der Waals surface area contributed by atoms with Crippen LogP contribution in [0.25, 0.3) is 0 Å². The maximum Gasteiger partial charge on any atom is 0.433 e. The summed E-state index contributed by atoms with van der Waals surface area (Å²) in [5.74, 6) is -0.376. The number of alkyl halides is 3. The Hall–Kier alpha value is -2.79. The number of carbonyl (C=O) groups excluding carboxylic acids is 1. The van der Waals surface area contributed by atoms with Crippen LogP contribution in [0.5, 0.6) is 0 Å². The predicted molar refractivity (Wildman–Crippen MR) is 102 cm³/mol. The Balaban J connectivity index is 1.64. The summed E-state index contributed by atoms with van der Waals surface area (Å²) in [5.41, 5.74) is -1.47. The van der Waals surface area contributed by atoms with Crippen molar-refractivity contribution in [3.8, 4) is 0 Å². The standard InChI is InChI=1S/C17H13ClF3N5O2S/c18-11-4-2-1-3-10(11)8-26-13(5-6-22-26)24-15(28)9-29-16-23-12(17(19,20)21)7-14(27)25-16/h1-7H,8-9H2,(H,24,28)(H,23,25,27). The van der Waals surface area contributed by atoms with Crippen molar-refractivity contribution in [3.05, 3.63) is 69.2 Å². The number of H-pyrrole nitrogens is 1. The molecule has 0 aliphatic carbocycles. The fourth-order valence-corrected chi connectivity index (χ4v) is 3.19. The molecule has 0 radical (unpaired) electrons. The molecule has 0 atom stereocenters. The molecule has 29 heavy (non-hydrogen) atoms. The molecule has 12 heteroatoms. The average Bonchev–Trinajstić information content (AvgIpc) is 3.07. The third kappa shape index (κ3) is 5.61. The summed E-state index contributed by atoms with van der Waals surface area (Å²) in [6, 6.07) is 9.10. The second-order valence-electron chi connectivity index (χ2n) is 5.74. The molecule has 3 rings (SSSR count). The first-order chi connectivity index (χ1) is 13.7. The highest BCUT2D eigenvalue weighted by molar-refractivity contribution is 7.99. The molecule has 0 unspecified atom stereocenters. The van der Waals surface area contributed by atoms with E-state index >= 15 is 0 Å². The zero-order valence-electron chi connectivity index (χ0n) is 14.5. The number of nitrogens with one attached hydrogen (secondary N) is 2. The molecule has 3 aromatic rings. The summed E-state index contributed by atoms with van der Waals surface area (Å²) in [6.45, 7) is 0.317. The van der Waals surface area contributed by atoms with E-state index in [-0.39, 0.29) is 10.9 Å². The molecule has 0 saturated carbocycles. The van der Waals surface area contributed by atoms with Gasteiger partial charge in [0.05, 0.1) is 18.5 Å². The van der Waals surface area contributed by atoms with Crippen molar-refractivity contribution in [2.75, 3.05) is 11.1 Å². The monoisotopic (exact) mass is 443 g/mol. The van der Waals surface area contributed by atoms with Gasteiger partial charge in [0.25, 0.3) is 5.56 Å². The van der Waals surface area contributed by atoms with Gasteiger partial charge in [0.2, 0.25) is 5.91 Å². The summed E-state index contributed by atoms with van der Waals surface area (Å²) in [6.07, 6.45) is -3.26. The molecule has 1 amide bonds. The third-order valence-corrected chi connectivity index (χ3v) is 4.85. The van der Waals surface area contributed by atoms with Gasteiger partial charge in [-0.2, -0.15) is 18.3 Å². The van der Waals surface area contributed by atoms with Crippen molar-refractivity contribution in [1.82, 2.24) is 19.7 Å². The number of hydrogen-bond acceptors (Lipinski definition) is 5. The molecular formula is C17H13ClF3N5O2S. The van der Waals surface area contributed by atoms with E-state index in [1.807, 2.05) is 12.1 Å². The number of nitrogens with zero attached hydrogens (tertiary/aromatic N) is 3. The van der Waals surface area contributed by atoms with E-state index in [2.05, 4.69) is 20.4 Å². The number of aromatic amines is 1. The Morgan fingerprint density at radius 3 is 2.76 bits per heavy atom. The largest absolute Gasteiger partial charge is 0.433 e. The van der Waals surface area contributed by atoms with Gasteiger partial charge in [0, 0.05) is 17.2 Å². The minimum atomic E-state index is -4.75. The zero-order valence-corrected chi connectivity index (χ0v) is 16.1. The first-order valence-corrected chi connectivity index (χ1v) is 9.45. The fraction of sp³-hybridized carbons (Fsp3) is 0.176. The number of aromatic nitrogens is 4. The zero-order chi connectivity index (χ0) is 21.0. The van der Waals surface area contributed by atoms with Gasteiger partial charge < -0.3 is 10.3 Å². The maximum atomic E-state index is 12.7. The lowest BCUT2D eigenvalue weighted by atomic mass is 10.2. The van der Waals surface area contributed by atoms with Crippen LogP contribution in [0.3, 0.4) is 0 Å². The van der Waals surface area contributed by atoms with E-state index in [1.54, 1.807) is 18.2 Å². The Morgan fingerprint density at radius 1 is 1.28 bits per heavy atom. The molecule has 2 aromatic heterocycles. The van der Waals surface area contributed by atoms with Crippen molar-refractivity contribution in [1.29, 1.82) is 0 Å². The molecule has 0 aliphatic heterocycles. The predicted octanol–water partition coefficient (Wildman–Crippen LogP) is 3.42. The second-order valence-corrected chi connectivity index (χ2v) is 7.11. The average molecular weight is 444 g/mol. The van der Waals surface area contributed by atoms with Crippen molar-refractivity contribution in [2.45, 2.75) is 17.9 Å². The van der Waals surface area contributed by atoms with Crippen molar-refractivity contribution in [2.24, 2.45) is 0 Å². The topological polar surface area (TPSA) is 92.7 Å². The molecule has 0 bridgehead atoms. The van der Waals surface area contributed by atoms with Crippen LogP contribution < -0.4 is 10.9 Å². The Kier molecular flexibility index (Phi) is 6.28. The lowest BCUT2D eigenvalue weighted by Crippen LogP contribution is -2.20. The van der Waals surface area contributed by atoms with E-state index in [0.29, 0.717) is 35.2 Å². The fourth-order valence-electron chi connectivity index (χ4n) is 2.31. The quantitative estimate of drug-likeness (QED) is 0.450. The molecule has 0 saturated heterocycles. The second kappa shape index (κ2) is 8.70. The number of benzene rings is 1. The van der Waals surface area contributed by atoms with Crippen LogP contribution in [0.2, 0.25) is 5.02 Å².